The van der Waals surface area contributed by atoms with E-state index in [1.54, 1.807) is 25.3 Å². The van der Waals surface area contributed by atoms with Gasteiger partial charge in [-0.2, -0.15) is 5.26 Å². The van der Waals surface area contributed by atoms with E-state index in [2.05, 4.69) is 11.4 Å². The maximum absolute atomic E-state index is 13.8. The summed E-state index contributed by atoms with van der Waals surface area (Å²) < 4.78 is 19.1. The molecule has 0 saturated heterocycles. The molecule has 2 aromatic carbocycles. The van der Waals surface area contributed by atoms with Gasteiger partial charge in [-0.05, 0) is 42.2 Å². The van der Waals surface area contributed by atoms with Crippen molar-refractivity contribution in [3.8, 4) is 11.8 Å². The molecular formula is C17H15FN2O. The first-order valence-corrected chi connectivity index (χ1v) is 6.85. The lowest BCUT2D eigenvalue weighted by atomic mass is 10.1. The van der Waals surface area contributed by atoms with E-state index in [-0.39, 0.29) is 11.9 Å². The number of ether oxygens (including phenoxy) is 1. The summed E-state index contributed by atoms with van der Waals surface area (Å²) in [5.74, 6) is 0.488. The predicted octanol–water partition coefficient (Wildman–Crippen LogP) is 3.81. The van der Waals surface area contributed by atoms with Crippen LogP contribution < -0.4 is 10.1 Å². The van der Waals surface area contributed by atoms with Gasteiger partial charge in [0.1, 0.15) is 11.6 Å². The van der Waals surface area contributed by atoms with Crippen molar-refractivity contribution in [1.82, 2.24) is 0 Å². The third kappa shape index (κ3) is 2.43. The number of nitriles is 1. The lowest BCUT2D eigenvalue weighted by Gasteiger charge is -2.18. The summed E-state index contributed by atoms with van der Waals surface area (Å²) in [7, 11) is 1.57. The van der Waals surface area contributed by atoms with E-state index < -0.39 is 0 Å². The van der Waals surface area contributed by atoms with E-state index in [1.165, 1.54) is 6.07 Å². The Kier molecular flexibility index (Phi) is 3.49. The largest absolute Gasteiger partial charge is 0.495 e. The number of anilines is 1. The van der Waals surface area contributed by atoms with Crippen LogP contribution in [-0.4, -0.2) is 7.11 Å². The second-order valence-corrected chi connectivity index (χ2v) is 5.07. The summed E-state index contributed by atoms with van der Waals surface area (Å²) in [5.41, 5.74) is 3.16. The Morgan fingerprint density at radius 1 is 1.33 bits per heavy atom. The van der Waals surface area contributed by atoms with Gasteiger partial charge in [-0.1, -0.05) is 12.1 Å². The highest BCUT2D eigenvalue weighted by Gasteiger charge is 2.25. The fourth-order valence-electron chi connectivity index (χ4n) is 2.83. The Balaban J connectivity index is 1.90. The Bertz CT molecular complexity index is 721. The molecule has 0 radical (unpaired) electrons. The average molecular weight is 282 g/mol. The smallest absolute Gasteiger partial charge is 0.143 e. The summed E-state index contributed by atoms with van der Waals surface area (Å²) in [6.45, 7) is 0. The van der Waals surface area contributed by atoms with Gasteiger partial charge in [0.2, 0.25) is 0 Å². The molecule has 3 nitrogen and oxygen atoms in total. The van der Waals surface area contributed by atoms with Crippen molar-refractivity contribution in [2.24, 2.45) is 0 Å². The standard InChI is InChI=1S/C17H15FN2O/c1-21-17-9-11(10-19)5-7-16(17)20-15-8-6-12-13(15)3-2-4-14(12)18/h2-5,7,9,15,20H,6,8H2,1H3. The van der Waals surface area contributed by atoms with Crippen LogP contribution in [0, 0.1) is 17.1 Å². The molecule has 0 heterocycles. The van der Waals surface area contributed by atoms with E-state index in [9.17, 15) is 4.39 Å². The van der Waals surface area contributed by atoms with Gasteiger partial charge >= 0.3 is 0 Å². The summed E-state index contributed by atoms with van der Waals surface area (Å²) >= 11 is 0. The summed E-state index contributed by atoms with van der Waals surface area (Å²) in [6.07, 6.45) is 1.58. The fraction of sp³-hybridized carbons (Fsp3) is 0.235. The van der Waals surface area contributed by atoms with Crippen molar-refractivity contribution in [2.75, 3.05) is 12.4 Å². The van der Waals surface area contributed by atoms with Crippen molar-refractivity contribution < 1.29 is 9.13 Å². The Morgan fingerprint density at radius 3 is 2.95 bits per heavy atom. The van der Waals surface area contributed by atoms with Crippen LogP contribution >= 0.6 is 0 Å². The first kappa shape index (κ1) is 13.4. The molecule has 0 aromatic heterocycles. The number of nitrogens with one attached hydrogen (secondary N) is 1. The van der Waals surface area contributed by atoms with Crippen LogP contribution in [0.3, 0.4) is 0 Å². The van der Waals surface area contributed by atoms with Gasteiger partial charge in [0.15, 0.2) is 0 Å². The van der Waals surface area contributed by atoms with E-state index in [4.69, 9.17) is 10.00 Å². The molecule has 2 aromatic rings. The fourth-order valence-corrected chi connectivity index (χ4v) is 2.83. The molecule has 0 fully saturated rings. The zero-order chi connectivity index (χ0) is 14.8. The summed E-state index contributed by atoms with van der Waals surface area (Å²) in [6, 6.07) is 12.6. The van der Waals surface area contributed by atoms with Crippen molar-refractivity contribution in [1.29, 1.82) is 5.26 Å². The topological polar surface area (TPSA) is 45.0 Å². The van der Waals surface area contributed by atoms with E-state index in [0.29, 0.717) is 11.3 Å². The van der Waals surface area contributed by atoms with Crippen LogP contribution in [-0.2, 0) is 6.42 Å². The Morgan fingerprint density at radius 2 is 2.19 bits per heavy atom. The van der Waals surface area contributed by atoms with Gasteiger partial charge in [-0.15, -0.1) is 0 Å². The lowest BCUT2D eigenvalue weighted by Crippen LogP contribution is -2.08. The monoisotopic (exact) mass is 282 g/mol. The molecule has 1 aliphatic carbocycles. The maximum atomic E-state index is 13.8. The predicted molar refractivity (Wildman–Crippen MR) is 78.8 cm³/mol. The third-order valence-electron chi connectivity index (χ3n) is 3.87. The molecule has 3 rings (SSSR count). The summed E-state index contributed by atoms with van der Waals surface area (Å²) in [5, 5.41) is 12.3. The minimum absolute atomic E-state index is 0.0672. The number of hydrogen-bond acceptors (Lipinski definition) is 3. The van der Waals surface area contributed by atoms with Crippen molar-refractivity contribution >= 4 is 5.69 Å². The number of fused-ring (bicyclic) bond motifs is 1. The SMILES string of the molecule is COc1cc(C#N)ccc1NC1CCc2c(F)cccc21. The quantitative estimate of drug-likeness (QED) is 0.931. The second kappa shape index (κ2) is 5.45. The molecule has 1 unspecified atom stereocenters. The van der Waals surface area contributed by atoms with Crippen LogP contribution in [0.25, 0.3) is 0 Å². The first-order valence-electron chi connectivity index (χ1n) is 6.85. The van der Waals surface area contributed by atoms with Crippen LogP contribution in [0.1, 0.15) is 29.2 Å². The van der Waals surface area contributed by atoms with Gasteiger partial charge in [0.05, 0.1) is 30.5 Å². The zero-order valence-corrected chi connectivity index (χ0v) is 11.7. The number of halogens is 1. The number of hydrogen-bond donors (Lipinski definition) is 1. The van der Waals surface area contributed by atoms with E-state index >= 15 is 0 Å². The summed E-state index contributed by atoms with van der Waals surface area (Å²) in [4.78, 5) is 0. The van der Waals surface area contributed by atoms with Gasteiger partial charge < -0.3 is 10.1 Å². The first-order chi connectivity index (χ1) is 10.2. The minimum Gasteiger partial charge on any atom is -0.495 e. The molecule has 4 heteroatoms. The number of methoxy groups -OCH3 is 1. The maximum Gasteiger partial charge on any atom is 0.143 e. The van der Waals surface area contributed by atoms with Gasteiger partial charge in [-0.3, -0.25) is 0 Å². The number of benzene rings is 2. The normalized spacial score (nSPS) is 16.1. The lowest BCUT2D eigenvalue weighted by molar-refractivity contribution is 0.416. The molecule has 0 bridgehead atoms. The Labute approximate surface area is 123 Å². The van der Waals surface area contributed by atoms with Crippen molar-refractivity contribution in [3.05, 3.63) is 58.9 Å². The van der Waals surface area contributed by atoms with Gasteiger partial charge in [0.25, 0.3) is 0 Å². The molecule has 0 amide bonds. The highest BCUT2D eigenvalue weighted by atomic mass is 19.1. The molecule has 1 atom stereocenters. The van der Waals surface area contributed by atoms with Crippen LogP contribution in [0.4, 0.5) is 10.1 Å². The molecule has 106 valence electrons. The van der Waals surface area contributed by atoms with Crippen molar-refractivity contribution in [3.63, 3.8) is 0 Å². The van der Waals surface area contributed by atoms with Crippen molar-refractivity contribution in [2.45, 2.75) is 18.9 Å². The highest BCUT2D eigenvalue weighted by Crippen LogP contribution is 2.37. The average Bonchev–Trinajstić information content (AvgIpc) is 2.92. The van der Waals surface area contributed by atoms with Gasteiger partial charge in [0, 0.05) is 6.07 Å². The number of nitrogens with zero attached hydrogens (tertiary/aromatic N) is 1. The zero-order valence-electron chi connectivity index (χ0n) is 11.7. The highest BCUT2D eigenvalue weighted by molar-refractivity contribution is 5.61. The molecule has 0 aliphatic heterocycles. The third-order valence-corrected chi connectivity index (χ3v) is 3.87. The number of rotatable bonds is 3. The molecule has 0 saturated carbocycles. The molecule has 1 N–H and O–H groups in total. The van der Waals surface area contributed by atoms with Crippen LogP contribution in [0.5, 0.6) is 5.75 Å². The van der Waals surface area contributed by atoms with E-state index in [0.717, 1.165) is 29.7 Å². The van der Waals surface area contributed by atoms with Crippen LogP contribution in [0.2, 0.25) is 0 Å². The molecule has 0 spiro atoms. The second-order valence-electron chi connectivity index (χ2n) is 5.07. The Hall–Kier alpha value is -2.54. The molecule has 1 aliphatic rings. The minimum atomic E-state index is -0.136. The van der Waals surface area contributed by atoms with Crippen LogP contribution in [0.15, 0.2) is 36.4 Å². The molecular weight excluding hydrogens is 267 g/mol. The van der Waals surface area contributed by atoms with Gasteiger partial charge in [-0.25, -0.2) is 4.39 Å². The molecule has 21 heavy (non-hydrogen) atoms. The van der Waals surface area contributed by atoms with E-state index in [1.807, 2.05) is 12.1 Å².